The molecule has 4 bridgehead atoms. The minimum absolute atomic E-state index is 0.270. The van der Waals surface area contributed by atoms with Gasteiger partial charge in [0.05, 0.1) is 6.61 Å². The molecule has 4 heteroatoms. The molecule has 5 rings (SSSR count). The molecule has 1 aromatic carbocycles. The van der Waals surface area contributed by atoms with E-state index in [-0.39, 0.29) is 6.79 Å². The van der Waals surface area contributed by atoms with Gasteiger partial charge in [0.25, 0.3) is 0 Å². The van der Waals surface area contributed by atoms with Crippen molar-refractivity contribution in [3.8, 4) is 11.5 Å². The van der Waals surface area contributed by atoms with Crippen LogP contribution in [0.4, 0.5) is 0 Å². The third-order valence-electron chi connectivity index (χ3n) is 6.26. The predicted molar refractivity (Wildman–Crippen MR) is 98.9 cm³/mol. The van der Waals surface area contributed by atoms with Crippen molar-refractivity contribution < 1.29 is 19.0 Å². The summed E-state index contributed by atoms with van der Waals surface area (Å²) in [4.78, 5) is 11.5. The average molecular weight is 356 g/mol. The molecule has 4 aliphatic carbocycles. The van der Waals surface area contributed by atoms with Crippen molar-refractivity contribution in [2.24, 2.45) is 23.2 Å². The molecule has 0 amide bonds. The van der Waals surface area contributed by atoms with Crippen molar-refractivity contribution in [3.63, 3.8) is 0 Å². The van der Waals surface area contributed by atoms with Crippen LogP contribution in [0.2, 0.25) is 0 Å². The van der Waals surface area contributed by atoms with Crippen molar-refractivity contribution in [3.05, 3.63) is 36.4 Å². The fourth-order valence-corrected chi connectivity index (χ4v) is 5.63. The Morgan fingerprint density at radius 3 is 2.12 bits per heavy atom. The third kappa shape index (κ3) is 3.80. The van der Waals surface area contributed by atoms with Crippen LogP contribution < -0.4 is 9.47 Å². The quantitative estimate of drug-likeness (QED) is 0.233. The van der Waals surface area contributed by atoms with Crippen molar-refractivity contribution in [2.45, 2.75) is 45.4 Å². The van der Waals surface area contributed by atoms with Crippen molar-refractivity contribution in [1.29, 1.82) is 0 Å². The number of ether oxygens (including phenoxy) is 3. The van der Waals surface area contributed by atoms with E-state index in [9.17, 15) is 4.79 Å². The molecular formula is C22H28O4. The van der Waals surface area contributed by atoms with Crippen LogP contribution >= 0.6 is 0 Å². The summed E-state index contributed by atoms with van der Waals surface area (Å²) >= 11 is 0. The molecule has 1 aromatic rings. The fourth-order valence-electron chi connectivity index (χ4n) is 5.63. The van der Waals surface area contributed by atoms with Crippen LogP contribution in [0.3, 0.4) is 0 Å². The summed E-state index contributed by atoms with van der Waals surface area (Å²) in [6.07, 6.45) is 8.42. The summed E-state index contributed by atoms with van der Waals surface area (Å²) in [5.41, 5.74) is 0.794. The first kappa shape index (κ1) is 17.6. The fraction of sp³-hybridized carbons (Fsp3) is 0.591. The lowest BCUT2D eigenvalue weighted by Crippen LogP contribution is -2.48. The molecule has 0 N–H and O–H groups in total. The molecular weight excluding hydrogens is 328 g/mol. The van der Waals surface area contributed by atoms with Crippen LogP contribution in [-0.4, -0.2) is 19.4 Å². The normalized spacial score (nSPS) is 31.7. The summed E-state index contributed by atoms with van der Waals surface area (Å²) in [6.45, 7) is 6.29. The highest BCUT2D eigenvalue weighted by Crippen LogP contribution is 2.60. The van der Waals surface area contributed by atoms with Gasteiger partial charge in [-0.2, -0.15) is 0 Å². The van der Waals surface area contributed by atoms with E-state index in [1.54, 1.807) is 31.2 Å². The Kier molecular flexibility index (Phi) is 4.78. The Morgan fingerprint density at radius 1 is 1.04 bits per heavy atom. The number of hydrogen-bond donors (Lipinski definition) is 0. The van der Waals surface area contributed by atoms with E-state index in [2.05, 4.69) is 6.58 Å². The first-order valence-corrected chi connectivity index (χ1v) is 9.70. The third-order valence-corrected chi connectivity index (χ3v) is 6.26. The Labute approximate surface area is 155 Å². The Balaban J connectivity index is 1.23. The number of carbonyl (C=O) groups is 1. The van der Waals surface area contributed by atoms with E-state index in [0.29, 0.717) is 22.5 Å². The summed E-state index contributed by atoms with van der Waals surface area (Å²) in [5, 5.41) is 0. The zero-order valence-electron chi connectivity index (χ0n) is 15.5. The van der Waals surface area contributed by atoms with Crippen LogP contribution in [0.5, 0.6) is 11.5 Å². The Hall–Kier alpha value is -1.81. The van der Waals surface area contributed by atoms with Gasteiger partial charge in [-0.3, -0.25) is 0 Å². The van der Waals surface area contributed by atoms with Gasteiger partial charge in [0.1, 0.15) is 11.5 Å². The topological polar surface area (TPSA) is 44.8 Å². The maximum absolute atomic E-state index is 11.5. The first-order chi connectivity index (χ1) is 12.5. The van der Waals surface area contributed by atoms with Gasteiger partial charge in [0.2, 0.25) is 0 Å². The molecule has 4 aliphatic rings. The van der Waals surface area contributed by atoms with E-state index >= 15 is 0 Å². The van der Waals surface area contributed by atoms with E-state index < -0.39 is 5.97 Å². The largest absolute Gasteiger partial charge is 0.468 e. The van der Waals surface area contributed by atoms with E-state index in [1.807, 2.05) is 0 Å². The van der Waals surface area contributed by atoms with Gasteiger partial charge < -0.3 is 14.2 Å². The molecule has 4 saturated carbocycles. The summed E-state index contributed by atoms with van der Waals surface area (Å²) in [7, 11) is 0. The molecule has 0 heterocycles. The maximum atomic E-state index is 11.5. The molecule has 0 aromatic heterocycles. The molecule has 4 nitrogen and oxygen atoms in total. The number of hydrogen-bond acceptors (Lipinski definition) is 4. The van der Waals surface area contributed by atoms with Crippen molar-refractivity contribution in [2.75, 3.05) is 13.4 Å². The molecule has 140 valence electrons. The van der Waals surface area contributed by atoms with Gasteiger partial charge in [-0.05, 0) is 92.9 Å². The van der Waals surface area contributed by atoms with Gasteiger partial charge in [-0.25, -0.2) is 4.79 Å². The van der Waals surface area contributed by atoms with Gasteiger partial charge in [0.15, 0.2) is 6.79 Å². The van der Waals surface area contributed by atoms with Gasteiger partial charge in [0, 0.05) is 5.57 Å². The SMILES string of the molecule is C=C(C)C(=O)Oc1ccc(OCOCC23CC4CC(CC(C4)C2)C3)cc1. The number of carbonyl (C=O) groups excluding carboxylic acids is 1. The highest BCUT2D eigenvalue weighted by molar-refractivity contribution is 5.88. The molecule has 0 atom stereocenters. The standard InChI is InChI=1S/C22H28O4/c1-15(2)21(23)26-20-5-3-19(4-6-20)25-14-24-13-22-10-16-7-17(11-22)9-18(8-16)12-22/h3-6,16-18H,1,7-14H2,2H3. The van der Waals surface area contributed by atoms with Gasteiger partial charge in [-0.15, -0.1) is 0 Å². The van der Waals surface area contributed by atoms with Crippen LogP contribution in [0.25, 0.3) is 0 Å². The van der Waals surface area contributed by atoms with E-state index in [4.69, 9.17) is 14.2 Å². The lowest BCUT2D eigenvalue weighted by molar-refractivity contribution is -0.130. The molecule has 4 fully saturated rings. The number of rotatable bonds is 7. The first-order valence-electron chi connectivity index (χ1n) is 9.70. The lowest BCUT2D eigenvalue weighted by atomic mass is 9.50. The maximum Gasteiger partial charge on any atom is 0.338 e. The lowest BCUT2D eigenvalue weighted by Gasteiger charge is -2.56. The zero-order chi connectivity index (χ0) is 18.1. The second kappa shape index (κ2) is 7.07. The van der Waals surface area contributed by atoms with Crippen LogP contribution in [0.15, 0.2) is 36.4 Å². The van der Waals surface area contributed by atoms with E-state index in [1.165, 1.54) is 38.5 Å². The predicted octanol–water partition coefficient (Wildman–Crippen LogP) is 4.74. The second-order valence-corrected chi connectivity index (χ2v) is 8.67. The number of esters is 1. The van der Waals surface area contributed by atoms with Crippen molar-refractivity contribution in [1.82, 2.24) is 0 Å². The van der Waals surface area contributed by atoms with Crippen molar-refractivity contribution >= 4 is 5.97 Å². The Morgan fingerprint density at radius 2 is 1.58 bits per heavy atom. The monoisotopic (exact) mass is 356 g/mol. The summed E-state index contributed by atoms with van der Waals surface area (Å²) in [5.74, 6) is 3.61. The molecule has 0 aliphatic heterocycles. The zero-order valence-corrected chi connectivity index (χ0v) is 15.5. The second-order valence-electron chi connectivity index (χ2n) is 8.67. The smallest absolute Gasteiger partial charge is 0.338 e. The molecule has 26 heavy (non-hydrogen) atoms. The molecule has 0 radical (unpaired) electrons. The number of benzene rings is 1. The van der Waals surface area contributed by atoms with Crippen LogP contribution in [0.1, 0.15) is 45.4 Å². The summed E-state index contributed by atoms with van der Waals surface area (Å²) in [6, 6.07) is 7.01. The minimum Gasteiger partial charge on any atom is -0.468 e. The van der Waals surface area contributed by atoms with E-state index in [0.717, 1.165) is 24.4 Å². The molecule has 0 saturated heterocycles. The Bertz CT molecular complexity index is 641. The summed E-state index contributed by atoms with van der Waals surface area (Å²) < 4.78 is 16.8. The van der Waals surface area contributed by atoms with Crippen LogP contribution in [-0.2, 0) is 9.53 Å². The minimum atomic E-state index is -0.419. The highest BCUT2D eigenvalue weighted by atomic mass is 16.7. The molecule has 0 spiro atoms. The molecule has 0 unspecified atom stereocenters. The van der Waals surface area contributed by atoms with Gasteiger partial charge >= 0.3 is 5.97 Å². The van der Waals surface area contributed by atoms with Crippen LogP contribution in [0, 0.1) is 23.2 Å². The van der Waals surface area contributed by atoms with Gasteiger partial charge in [-0.1, -0.05) is 6.58 Å². The average Bonchev–Trinajstić information content (AvgIpc) is 2.59. The highest BCUT2D eigenvalue weighted by Gasteiger charge is 2.50.